The second-order valence-electron chi connectivity index (χ2n) is 6.88. The molecule has 1 aromatic carbocycles. The molecule has 4 rings (SSSR count). The molecule has 0 bridgehead atoms. The van der Waals surface area contributed by atoms with E-state index in [1.165, 1.54) is 0 Å². The zero-order chi connectivity index (χ0) is 15.5. The van der Waals surface area contributed by atoms with Crippen molar-refractivity contribution in [1.29, 1.82) is 0 Å². The molecular formula is C16H19BN2O3. The fourth-order valence-corrected chi connectivity index (χ4v) is 4.13. The number of nitrogens with one attached hydrogen (secondary N) is 1. The van der Waals surface area contributed by atoms with Gasteiger partial charge in [-0.05, 0) is 24.8 Å². The summed E-state index contributed by atoms with van der Waals surface area (Å²) in [5.41, 5.74) is 0.796. The molecule has 2 aliphatic carbocycles. The molecule has 1 amide bonds. The maximum absolute atomic E-state index is 12.5. The van der Waals surface area contributed by atoms with Crippen LogP contribution in [-0.4, -0.2) is 41.9 Å². The van der Waals surface area contributed by atoms with Crippen LogP contribution in [0.5, 0.6) is 0 Å². The van der Waals surface area contributed by atoms with Crippen molar-refractivity contribution < 1.29 is 14.7 Å². The largest absolute Gasteiger partial charge is 0.481 e. The first-order chi connectivity index (χ1) is 10.5. The molecule has 0 aromatic heterocycles. The third-order valence-corrected chi connectivity index (χ3v) is 5.60. The Hall–Kier alpha value is -1.82. The van der Waals surface area contributed by atoms with Crippen molar-refractivity contribution in [3.63, 3.8) is 0 Å². The van der Waals surface area contributed by atoms with Crippen molar-refractivity contribution in [3.05, 3.63) is 35.9 Å². The lowest BCUT2D eigenvalue weighted by molar-refractivity contribution is -0.138. The molecule has 1 aliphatic heterocycles. The molecule has 2 saturated carbocycles. The van der Waals surface area contributed by atoms with E-state index in [9.17, 15) is 14.7 Å². The highest BCUT2D eigenvalue weighted by atomic mass is 16.4. The Balaban J connectivity index is 1.65. The molecule has 3 fully saturated rings. The van der Waals surface area contributed by atoms with Crippen molar-refractivity contribution in [2.75, 3.05) is 0 Å². The van der Waals surface area contributed by atoms with Gasteiger partial charge < -0.3 is 15.2 Å². The SMILES string of the molecule is BN(C1CC1C(=O)O)[C@@H]1[C@@H](c2ccccc2)NC(=O)C12CC2. The van der Waals surface area contributed by atoms with Crippen molar-refractivity contribution in [1.82, 2.24) is 10.1 Å². The summed E-state index contributed by atoms with van der Waals surface area (Å²) in [7, 11) is 1.98. The topological polar surface area (TPSA) is 69.6 Å². The summed E-state index contributed by atoms with van der Waals surface area (Å²) in [6.45, 7) is 0. The van der Waals surface area contributed by atoms with Crippen LogP contribution in [0.2, 0.25) is 0 Å². The number of rotatable bonds is 4. The van der Waals surface area contributed by atoms with E-state index in [0.717, 1.165) is 18.4 Å². The van der Waals surface area contributed by atoms with Crippen LogP contribution in [0.15, 0.2) is 30.3 Å². The molecular weight excluding hydrogens is 279 g/mol. The van der Waals surface area contributed by atoms with E-state index in [1.807, 2.05) is 38.3 Å². The molecule has 6 heteroatoms. The van der Waals surface area contributed by atoms with Gasteiger partial charge in [0.05, 0.1) is 17.4 Å². The van der Waals surface area contributed by atoms with E-state index in [1.54, 1.807) is 0 Å². The highest BCUT2D eigenvalue weighted by Gasteiger charge is 2.66. The number of carbonyl (C=O) groups is 2. The zero-order valence-corrected chi connectivity index (χ0v) is 12.5. The fraction of sp³-hybridized carbons (Fsp3) is 0.500. The van der Waals surface area contributed by atoms with Gasteiger partial charge >= 0.3 is 5.97 Å². The quantitative estimate of drug-likeness (QED) is 0.786. The third kappa shape index (κ3) is 1.90. The molecule has 114 valence electrons. The van der Waals surface area contributed by atoms with E-state index < -0.39 is 5.97 Å². The molecule has 1 spiro atoms. The van der Waals surface area contributed by atoms with E-state index in [0.29, 0.717) is 6.42 Å². The van der Waals surface area contributed by atoms with Crippen LogP contribution in [0.3, 0.4) is 0 Å². The minimum absolute atomic E-state index is 0.0451. The van der Waals surface area contributed by atoms with Crippen LogP contribution in [0.25, 0.3) is 0 Å². The summed E-state index contributed by atoms with van der Waals surface area (Å²) < 4.78 is 0. The summed E-state index contributed by atoms with van der Waals surface area (Å²) >= 11 is 0. The van der Waals surface area contributed by atoms with Crippen molar-refractivity contribution in [2.45, 2.75) is 37.4 Å². The smallest absolute Gasteiger partial charge is 0.308 e. The molecule has 1 saturated heterocycles. The van der Waals surface area contributed by atoms with Crippen molar-refractivity contribution >= 4 is 19.9 Å². The van der Waals surface area contributed by atoms with Gasteiger partial charge in [-0.25, -0.2) is 0 Å². The second kappa shape index (κ2) is 4.59. The van der Waals surface area contributed by atoms with E-state index in [-0.39, 0.29) is 35.4 Å². The number of benzene rings is 1. The molecule has 22 heavy (non-hydrogen) atoms. The van der Waals surface area contributed by atoms with Gasteiger partial charge in [0.1, 0.15) is 0 Å². The van der Waals surface area contributed by atoms with Gasteiger partial charge in [-0.1, -0.05) is 30.3 Å². The van der Waals surface area contributed by atoms with Crippen molar-refractivity contribution in [3.8, 4) is 0 Å². The van der Waals surface area contributed by atoms with Crippen LogP contribution >= 0.6 is 0 Å². The van der Waals surface area contributed by atoms with Crippen LogP contribution in [0.1, 0.15) is 30.9 Å². The number of hydrogen-bond acceptors (Lipinski definition) is 3. The van der Waals surface area contributed by atoms with Crippen LogP contribution in [0.4, 0.5) is 0 Å². The van der Waals surface area contributed by atoms with Gasteiger partial charge in [-0.3, -0.25) is 9.59 Å². The predicted molar refractivity (Wildman–Crippen MR) is 82.7 cm³/mol. The Morgan fingerprint density at radius 3 is 2.55 bits per heavy atom. The lowest BCUT2D eigenvalue weighted by Crippen LogP contribution is -2.44. The standard InChI is InChI=1S/C16H19BN2O3/c17-19(11-8-10(11)14(20)21)13-12(9-4-2-1-3-5-9)18-15(22)16(13)6-7-16/h1-5,10-13H,6-8,17H2,(H,18,22)(H,20,21)/t10?,11?,12-,13-/m1/s1. The predicted octanol–water partition coefficient (Wildman–Crippen LogP) is 0.329. The molecule has 3 aliphatic rings. The van der Waals surface area contributed by atoms with Crippen LogP contribution in [0, 0.1) is 11.3 Å². The first-order valence-corrected chi connectivity index (χ1v) is 7.85. The summed E-state index contributed by atoms with van der Waals surface area (Å²) in [6, 6.07) is 10.1. The summed E-state index contributed by atoms with van der Waals surface area (Å²) in [5.74, 6) is -0.881. The average molecular weight is 298 g/mol. The number of amides is 1. The maximum Gasteiger partial charge on any atom is 0.308 e. The second-order valence-corrected chi connectivity index (χ2v) is 6.88. The van der Waals surface area contributed by atoms with Gasteiger partial charge in [-0.15, -0.1) is 0 Å². The van der Waals surface area contributed by atoms with E-state index >= 15 is 0 Å². The van der Waals surface area contributed by atoms with Crippen LogP contribution < -0.4 is 5.32 Å². The summed E-state index contributed by atoms with van der Waals surface area (Å²) in [4.78, 5) is 25.8. The summed E-state index contributed by atoms with van der Waals surface area (Å²) in [6.07, 6.45) is 2.50. The zero-order valence-electron chi connectivity index (χ0n) is 12.5. The van der Waals surface area contributed by atoms with Gasteiger partial charge in [0.15, 0.2) is 7.98 Å². The Morgan fingerprint density at radius 1 is 1.32 bits per heavy atom. The normalized spacial score (nSPS) is 34.7. The Labute approximate surface area is 130 Å². The number of carboxylic acid groups (broad SMARTS) is 1. The Morgan fingerprint density at radius 2 is 2.00 bits per heavy atom. The van der Waals surface area contributed by atoms with E-state index in [4.69, 9.17) is 0 Å². The number of aliphatic carboxylic acids is 1. The van der Waals surface area contributed by atoms with Gasteiger partial charge in [-0.2, -0.15) is 0 Å². The minimum atomic E-state index is -0.727. The number of nitrogens with zero attached hydrogens (tertiary/aromatic N) is 1. The molecule has 4 atom stereocenters. The summed E-state index contributed by atoms with van der Waals surface area (Å²) in [5, 5.41) is 12.3. The molecule has 5 nitrogen and oxygen atoms in total. The molecule has 1 aromatic rings. The third-order valence-electron chi connectivity index (χ3n) is 5.60. The molecule has 1 heterocycles. The maximum atomic E-state index is 12.5. The number of carbonyl (C=O) groups excluding carboxylic acids is 1. The lowest BCUT2D eigenvalue weighted by atomic mass is 9.87. The van der Waals surface area contributed by atoms with E-state index in [2.05, 4.69) is 10.1 Å². The lowest BCUT2D eigenvalue weighted by Gasteiger charge is -2.33. The highest BCUT2D eigenvalue weighted by molar-refractivity contribution is 6.06. The number of hydrogen-bond donors (Lipinski definition) is 2. The van der Waals surface area contributed by atoms with Gasteiger partial charge in [0.2, 0.25) is 5.91 Å². The average Bonchev–Trinajstić information content (AvgIpc) is 3.39. The fourth-order valence-electron chi connectivity index (χ4n) is 4.13. The first-order valence-electron chi connectivity index (χ1n) is 7.85. The van der Waals surface area contributed by atoms with Gasteiger partial charge in [0, 0.05) is 12.1 Å². The molecule has 2 N–H and O–H groups in total. The monoisotopic (exact) mass is 298 g/mol. The Bertz CT molecular complexity index is 632. The number of carboxylic acids is 1. The van der Waals surface area contributed by atoms with Crippen LogP contribution in [-0.2, 0) is 9.59 Å². The Kier molecular flexibility index (Phi) is 2.88. The van der Waals surface area contributed by atoms with Crippen molar-refractivity contribution in [2.24, 2.45) is 11.3 Å². The highest BCUT2D eigenvalue weighted by Crippen LogP contribution is 2.59. The molecule has 0 radical (unpaired) electrons. The minimum Gasteiger partial charge on any atom is -0.481 e. The van der Waals surface area contributed by atoms with Gasteiger partial charge in [0.25, 0.3) is 0 Å². The first kappa shape index (κ1) is 13.8. The molecule has 2 unspecified atom stereocenters.